The number of hydrogen-bond donors (Lipinski definition) is 1. The highest BCUT2D eigenvalue weighted by Crippen LogP contribution is 2.31. The lowest BCUT2D eigenvalue weighted by Gasteiger charge is -2.04. The summed E-state index contributed by atoms with van der Waals surface area (Å²) in [5.74, 6) is 0.783. The van der Waals surface area contributed by atoms with Crippen LogP contribution < -0.4 is 10.2 Å². The molecule has 0 fully saturated rings. The zero-order valence-electron chi connectivity index (χ0n) is 12.7. The molecule has 3 rings (SSSR count). The number of aromatic nitrogens is 1. The molecule has 0 aliphatic heterocycles. The molecule has 7 heteroatoms. The Morgan fingerprint density at radius 2 is 2.04 bits per heavy atom. The van der Waals surface area contributed by atoms with E-state index in [0.717, 1.165) is 22.6 Å². The molecule has 0 spiro atoms. The average Bonchev–Trinajstić information content (AvgIpc) is 3.05. The predicted molar refractivity (Wildman–Crippen MR) is 102 cm³/mol. The Labute approximate surface area is 153 Å². The molecule has 1 heterocycles. The minimum Gasteiger partial charge on any atom is -0.496 e. The molecule has 0 amide bonds. The summed E-state index contributed by atoms with van der Waals surface area (Å²) in [5.41, 5.74) is 5.45. The van der Waals surface area contributed by atoms with E-state index in [2.05, 4.69) is 15.5 Å². The topological polar surface area (TPSA) is 46.5 Å². The van der Waals surface area contributed by atoms with Gasteiger partial charge in [-0.1, -0.05) is 41.4 Å². The van der Waals surface area contributed by atoms with Crippen LogP contribution in [-0.2, 0) is 0 Å². The minimum absolute atomic E-state index is 0.543. The van der Waals surface area contributed by atoms with E-state index in [1.165, 1.54) is 11.3 Å². The standard InChI is InChI=1S/C17H13Cl2N3OS/c1-23-16-5-3-2-4-13(16)15-10-24-17(21-15)22-20-9-11-6-7-12(18)8-14(11)19/h2-10H,1H3,(H,21,22)/b20-9-. The van der Waals surface area contributed by atoms with Gasteiger partial charge >= 0.3 is 0 Å². The number of ether oxygens (including phenoxy) is 1. The van der Waals surface area contributed by atoms with Crippen molar-refractivity contribution in [3.8, 4) is 17.0 Å². The fraction of sp³-hybridized carbons (Fsp3) is 0.0588. The van der Waals surface area contributed by atoms with Gasteiger partial charge in [0.15, 0.2) is 0 Å². The fourth-order valence-corrected chi connectivity index (χ4v) is 3.18. The Morgan fingerprint density at radius 1 is 1.21 bits per heavy atom. The lowest BCUT2D eigenvalue weighted by molar-refractivity contribution is 0.416. The molecule has 0 aliphatic rings. The summed E-state index contributed by atoms with van der Waals surface area (Å²) in [7, 11) is 1.64. The number of hydrogen-bond acceptors (Lipinski definition) is 5. The van der Waals surface area contributed by atoms with Crippen molar-refractivity contribution in [3.05, 3.63) is 63.5 Å². The molecule has 0 atom stereocenters. The van der Waals surface area contributed by atoms with E-state index in [-0.39, 0.29) is 0 Å². The normalized spacial score (nSPS) is 11.0. The van der Waals surface area contributed by atoms with E-state index in [9.17, 15) is 0 Å². The molecule has 4 nitrogen and oxygen atoms in total. The molecule has 3 aromatic rings. The third-order valence-corrected chi connectivity index (χ3v) is 4.52. The lowest BCUT2D eigenvalue weighted by Crippen LogP contribution is -1.91. The van der Waals surface area contributed by atoms with Crippen molar-refractivity contribution in [1.82, 2.24) is 4.98 Å². The van der Waals surface area contributed by atoms with Gasteiger partial charge in [0.1, 0.15) is 5.75 Å². The van der Waals surface area contributed by atoms with Crippen LogP contribution in [0.3, 0.4) is 0 Å². The maximum Gasteiger partial charge on any atom is 0.203 e. The predicted octanol–water partition coefficient (Wildman–Crippen LogP) is 5.57. The van der Waals surface area contributed by atoms with Crippen LogP contribution >= 0.6 is 34.5 Å². The molecule has 0 aliphatic carbocycles. The maximum atomic E-state index is 6.10. The highest BCUT2D eigenvalue weighted by molar-refractivity contribution is 7.14. The molecular weight excluding hydrogens is 365 g/mol. The van der Waals surface area contributed by atoms with Crippen molar-refractivity contribution in [2.24, 2.45) is 5.10 Å². The molecule has 0 saturated heterocycles. The van der Waals surface area contributed by atoms with Crippen LogP contribution in [0, 0.1) is 0 Å². The highest BCUT2D eigenvalue weighted by Gasteiger charge is 2.08. The summed E-state index contributed by atoms with van der Waals surface area (Å²) in [6, 6.07) is 13.0. The van der Waals surface area contributed by atoms with Crippen LogP contribution in [0.5, 0.6) is 5.75 Å². The number of rotatable bonds is 5. The largest absolute Gasteiger partial charge is 0.496 e. The first-order chi connectivity index (χ1) is 11.7. The van der Waals surface area contributed by atoms with Gasteiger partial charge in [0.2, 0.25) is 5.13 Å². The molecule has 1 N–H and O–H groups in total. The van der Waals surface area contributed by atoms with Crippen molar-refractivity contribution < 1.29 is 4.74 Å². The Balaban J connectivity index is 1.73. The van der Waals surface area contributed by atoms with Gasteiger partial charge in [-0.3, -0.25) is 5.43 Å². The average molecular weight is 378 g/mol. The second-order valence-corrected chi connectivity index (χ2v) is 6.48. The van der Waals surface area contributed by atoms with Crippen molar-refractivity contribution in [3.63, 3.8) is 0 Å². The minimum atomic E-state index is 0.543. The molecule has 0 unspecified atom stereocenters. The first kappa shape index (κ1) is 16.8. The molecule has 2 aromatic carbocycles. The SMILES string of the molecule is COc1ccccc1-c1csc(N/N=C\c2ccc(Cl)cc2Cl)n1. The van der Waals surface area contributed by atoms with Gasteiger partial charge in [0, 0.05) is 21.5 Å². The number of anilines is 1. The van der Waals surface area contributed by atoms with Gasteiger partial charge in [-0.05, 0) is 24.3 Å². The summed E-state index contributed by atoms with van der Waals surface area (Å²) in [6.07, 6.45) is 1.63. The van der Waals surface area contributed by atoms with Gasteiger partial charge in [-0.25, -0.2) is 4.98 Å². The number of hydrazone groups is 1. The van der Waals surface area contributed by atoms with Crippen LogP contribution in [0.2, 0.25) is 10.0 Å². The fourth-order valence-electron chi connectivity index (χ4n) is 2.07. The highest BCUT2D eigenvalue weighted by atomic mass is 35.5. The van der Waals surface area contributed by atoms with Gasteiger partial charge in [0.05, 0.1) is 24.0 Å². The summed E-state index contributed by atoms with van der Waals surface area (Å²) < 4.78 is 5.36. The molecule has 0 radical (unpaired) electrons. The van der Waals surface area contributed by atoms with E-state index in [1.807, 2.05) is 29.6 Å². The molecule has 0 bridgehead atoms. The number of halogens is 2. The molecule has 122 valence electrons. The summed E-state index contributed by atoms with van der Waals surface area (Å²) in [5, 5.41) is 7.93. The van der Waals surface area contributed by atoms with Crippen LogP contribution in [0.4, 0.5) is 5.13 Å². The number of thiazole rings is 1. The van der Waals surface area contributed by atoms with E-state index in [1.54, 1.807) is 31.5 Å². The second-order valence-electron chi connectivity index (χ2n) is 4.77. The van der Waals surface area contributed by atoms with Crippen molar-refractivity contribution in [2.45, 2.75) is 0 Å². The zero-order chi connectivity index (χ0) is 16.9. The molecule has 0 saturated carbocycles. The number of methoxy groups -OCH3 is 1. The van der Waals surface area contributed by atoms with E-state index < -0.39 is 0 Å². The zero-order valence-corrected chi connectivity index (χ0v) is 15.0. The van der Waals surface area contributed by atoms with Gasteiger partial charge in [-0.15, -0.1) is 11.3 Å². The van der Waals surface area contributed by atoms with E-state index >= 15 is 0 Å². The van der Waals surface area contributed by atoms with Crippen LogP contribution in [0.15, 0.2) is 52.9 Å². The van der Waals surface area contributed by atoms with E-state index in [0.29, 0.717) is 15.2 Å². The Kier molecular flexibility index (Phi) is 5.35. The smallest absolute Gasteiger partial charge is 0.203 e. The van der Waals surface area contributed by atoms with Crippen molar-refractivity contribution in [2.75, 3.05) is 12.5 Å². The van der Waals surface area contributed by atoms with Gasteiger partial charge < -0.3 is 4.74 Å². The number of nitrogens with zero attached hydrogens (tertiary/aromatic N) is 2. The molecule has 24 heavy (non-hydrogen) atoms. The van der Waals surface area contributed by atoms with Gasteiger partial charge in [0.25, 0.3) is 0 Å². The number of nitrogens with one attached hydrogen (secondary N) is 1. The van der Waals surface area contributed by atoms with Crippen LogP contribution in [-0.4, -0.2) is 18.3 Å². The Bertz CT molecular complexity index is 880. The summed E-state index contributed by atoms with van der Waals surface area (Å²) in [6.45, 7) is 0. The van der Waals surface area contributed by atoms with E-state index in [4.69, 9.17) is 27.9 Å². The third kappa shape index (κ3) is 3.87. The number of benzene rings is 2. The van der Waals surface area contributed by atoms with Gasteiger partial charge in [-0.2, -0.15) is 5.10 Å². The Morgan fingerprint density at radius 3 is 2.83 bits per heavy atom. The molecular formula is C17H13Cl2N3OS. The maximum absolute atomic E-state index is 6.10. The van der Waals surface area contributed by atoms with Crippen molar-refractivity contribution >= 4 is 45.9 Å². The first-order valence-electron chi connectivity index (χ1n) is 7.00. The van der Waals surface area contributed by atoms with Crippen LogP contribution in [0.25, 0.3) is 11.3 Å². The quantitative estimate of drug-likeness (QED) is 0.466. The first-order valence-corrected chi connectivity index (χ1v) is 8.64. The lowest BCUT2D eigenvalue weighted by atomic mass is 10.1. The third-order valence-electron chi connectivity index (χ3n) is 3.21. The summed E-state index contributed by atoms with van der Waals surface area (Å²) in [4.78, 5) is 4.52. The summed E-state index contributed by atoms with van der Waals surface area (Å²) >= 11 is 13.4. The van der Waals surface area contributed by atoms with Crippen LogP contribution in [0.1, 0.15) is 5.56 Å². The van der Waals surface area contributed by atoms with Crippen molar-refractivity contribution in [1.29, 1.82) is 0 Å². The monoisotopic (exact) mass is 377 g/mol. The second kappa shape index (κ2) is 7.66. The Hall–Kier alpha value is -2.08. The number of para-hydroxylation sites is 1. The molecule has 1 aromatic heterocycles.